The maximum Gasteiger partial charge on any atom is 0.250 e. The summed E-state index contributed by atoms with van der Waals surface area (Å²) in [5.41, 5.74) is 3.23. The molecule has 0 unspecified atom stereocenters. The third kappa shape index (κ3) is 7.22. The van der Waals surface area contributed by atoms with E-state index in [0.29, 0.717) is 31.5 Å². The topological polar surface area (TPSA) is 84.5 Å². The molecule has 2 heterocycles. The van der Waals surface area contributed by atoms with Gasteiger partial charge in [-0.25, -0.2) is 0 Å². The normalized spacial score (nSPS) is 11.3. The van der Waals surface area contributed by atoms with Gasteiger partial charge < -0.3 is 19.7 Å². The molecule has 2 N–H and O–H groups in total. The highest BCUT2D eigenvalue weighted by atomic mass is 127. The van der Waals surface area contributed by atoms with Crippen LogP contribution in [0.3, 0.4) is 0 Å². The zero-order chi connectivity index (χ0) is 22.1. The number of hydrogen-bond donors (Lipinski definition) is 2. The van der Waals surface area contributed by atoms with E-state index in [9.17, 15) is 4.79 Å². The molecule has 0 radical (unpaired) electrons. The van der Waals surface area contributed by atoms with E-state index in [2.05, 4.69) is 46.8 Å². The molecule has 8 heteroatoms. The predicted octanol–water partition coefficient (Wildman–Crippen LogP) is 4.27. The van der Waals surface area contributed by atoms with Crippen molar-refractivity contribution in [1.29, 1.82) is 0 Å². The van der Waals surface area contributed by atoms with E-state index in [1.165, 1.54) is 0 Å². The van der Waals surface area contributed by atoms with Gasteiger partial charge in [-0.1, -0.05) is 49.3 Å². The van der Waals surface area contributed by atoms with Gasteiger partial charge in [0.2, 0.25) is 0 Å². The molecule has 0 atom stereocenters. The van der Waals surface area contributed by atoms with E-state index in [0.717, 1.165) is 35.4 Å². The molecule has 32 heavy (non-hydrogen) atoms. The third-order valence-corrected chi connectivity index (χ3v) is 5.37. The Balaban J connectivity index is 0.00000363. The fourth-order valence-electron chi connectivity index (χ4n) is 3.44. The van der Waals surface area contributed by atoms with Crippen LogP contribution >= 0.6 is 24.0 Å². The third-order valence-electron chi connectivity index (χ3n) is 5.37. The molecule has 0 amide bonds. The van der Waals surface area contributed by atoms with Crippen molar-refractivity contribution in [1.82, 2.24) is 20.4 Å². The first-order chi connectivity index (χ1) is 15.1. The van der Waals surface area contributed by atoms with Crippen molar-refractivity contribution >= 4 is 29.9 Å². The minimum atomic E-state index is 0. The van der Waals surface area contributed by atoms with E-state index in [4.69, 9.17) is 4.52 Å². The molecule has 172 valence electrons. The van der Waals surface area contributed by atoms with Crippen LogP contribution in [0.1, 0.15) is 55.2 Å². The molecule has 0 spiro atoms. The Kier molecular flexibility index (Phi) is 10.5. The van der Waals surface area contributed by atoms with Crippen LogP contribution in [0, 0.1) is 0 Å². The molecule has 0 saturated carbocycles. The number of benzene rings is 1. The summed E-state index contributed by atoms with van der Waals surface area (Å²) in [6, 6.07) is 15.4. The summed E-state index contributed by atoms with van der Waals surface area (Å²) in [6.07, 6.45) is 3.91. The zero-order valence-electron chi connectivity index (χ0n) is 18.9. The summed E-state index contributed by atoms with van der Waals surface area (Å²) >= 11 is 0. The van der Waals surface area contributed by atoms with Crippen LogP contribution in [-0.4, -0.2) is 22.7 Å². The Labute approximate surface area is 206 Å². The molecule has 1 aromatic carbocycles. The van der Waals surface area contributed by atoms with Crippen molar-refractivity contribution in [2.24, 2.45) is 4.99 Å². The molecule has 2 aromatic heterocycles. The average molecular weight is 549 g/mol. The number of halogens is 1. The van der Waals surface area contributed by atoms with E-state index >= 15 is 0 Å². The van der Waals surface area contributed by atoms with Crippen LogP contribution in [0.4, 0.5) is 0 Å². The second-order valence-corrected chi connectivity index (χ2v) is 7.49. The van der Waals surface area contributed by atoms with Gasteiger partial charge in [0.1, 0.15) is 0 Å². The van der Waals surface area contributed by atoms with Crippen LogP contribution in [0.2, 0.25) is 0 Å². The maximum absolute atomic E-state index is 11.9. The predicted molar refractivity (Wildman–Crippen MR) is 139 cm³/mol. The summed E-state index contributed by atoms with van der Waals surface area (Å²) in [6.45, 7) is 6.06. The van der Waals surface area contributed by atoms with Gasteiger partial charge in [0.15, 0.2) is 11.7 Å². The molecule has 0 aliphatic carbocycles. The van der Waals surface area contributed by atoms with Crippen LogP contribution in [-0.2, 0) is 19.6 Å². The van der Waals surface area contributed by atoms with E-state index in [1.807, 2.05) is 24.3 Å². The van der Waals surface area contributed by atoms with E-state index in [1.54, 1.807) is 29.9 Å². The molecular weight excluding hydrogens is 517 g/mol. The lowest BCUT2D eigenvalue weighted by Crippen LogP contribution is -2.36. The Hall–Kier alpha value is -2.62. The quantitative estimate of drug-likeness (QED) is 0.237. The number of pyridine rings is 1. The van der Waals surface area contributed by atoms with Gasteiger partial charge in [0.05, 0.1) is 18.8 Å². The monoisotopic (exact) mass is 549 g/mol. The molecule has 0 aliphatic heterocycles. The highest BCUT2D eigenvalue weighted by molar-refractivity contribution is 14.0. The van der Waals surface area contributed by atoms with Gasteiger partial charge in [-0.2, -0.15) is 0 Å². The van der Waals surface area contributed by atoms with Crippen LogP contribution < -0.4 is 16.2 Å². The van der Waals surface area contributed by atoms with Gasteiger partial charge in [-0.05, 0) is 30.0 Å². The highest BCUT2D eigenvalue weighted by Crippen LogP contribution is 2.22. The second kappa shape index (κ2) is 13.0. The molecule has 0 saturated heterocycles. The zero-order valence-corrected chi connectivity index (χ0v) is 21.2. The van der Waals surface area contributed by atoms with Crippen molar-refractivity contribution in [2.45, 2.75) is 52.2 Å². The first kappa shape index (κ1) is 25.6. The molecule has 0 fully saturated rings. The first-order valence-electron chi connectivity index (χ1n) is 10.8. The van der Waals surface area contributed by atoms with Crippen molar-refractivity contribution in [3.8, 4) is 0 Å². The SMILES string of the molecule is CCC(CC)c1cc(CNC(=NC)NCc2ccc(Cn3ccccc3=O)cc2)on1.I. The number of nitrogens with zero attached hydrogens (tertiary/aromatic N) is 3. The van der Waals surface area contributed by atoms with Crippen LogP contribution in [0.15, 0.2) is 69.0 Å². The molecule has 3 rings (SSSR count). The number of guanidine groups is 1. The standard InChI is InChI=1S/C24H31N5O2.HI/c1-4-20(5-2)22-14-21(31-28-22)16-27-24(25-3)26-15-18-9-11-19(12-10-18)17-29-13-7-6-8-23(29)30;/h6-14,20H,4-5,15-17H2,1-3H3,(H2,25,26,27);1H. The number of nitrogens with one attached hydrogen (secondary N) is 2. The smallest absolute Gasteiger partial charge is 0.250 e. The van der Waals surface area contributed by atoms with Crippen molar-refractivity contribution in [3.05, 3.63) is 87.7 Å². The Bertz CT molecular complexity index is 1040. The molecular formula is C24H32IN5O2. The summed E-state index contributed by atoms with van der Waals surface area (Å²) in [4.78, 5) is 16.1. The Morgan fingerprint density at radius 1 is 1.06 bits per heavy atom. The van der Waals surface area contributed by atoms with Gasteiger partial charge in [-0.15, -0.1) is 24.0 Å². The van der Waals surface area contributed by atoms with Crippen molar-refractivity contribution in [3.63, 3.8) is 0 Å². The minimum absolute atomic E-state index is 0. The summed E-state index contributed by atoms with van der Waals surface area (Å²) in [5, 5.41) is 10.8. The van der Waals surface area contributed by atoms with Gasteiger partial charge in [0, 0.05) is 37.8 Å². The Morgan fingerprint density at radius 3 is 2.41 bits per heavy atom. The lowest BCUT2D eigenvalue weighted by molar-refractivity contribution is 0.368. The molecule has 0 bridgehead atoms. The fraction of sp³-hybridized carbons (Fsp3) is 0.375. The van der Waals surface area contributed by atoms with Gasteiger partial charge in [0.25, 0.3) is 5.56 Å². The summed E-state index contributed by atoms with van der Waals surface area (Å²) in [5.74, 6) is 1.93. The molecule has 7 nitrogen and oxygen atoms in total. The average Bonchev–Trinajstić information content (AvgIpc) is 3.26. The van der Waals surface area contributed by atoms with Crippen molar-refractivity contribution < 1.29 is 4.52 Å². The molecule has 0 aliphatic rings. The van der Waals surface area contributed by atoms with E-state index < -0.39 is 0 Å². The van der Waals surface area contributed by atoms with Crippen molar-refractivity contribution in [2.75, 3.05) is 7.05 Å². The second-order valence-electron chi connectivity index (χ2n) is 7.49. The summed E-state index contributed by atoms with van der Waals surface area (Å²) in [7, 11) is 1.74. The highest BCUT2D eigenvalue weighted by Gasteiger charge is 2.13. The largest absolute Gasteiger partial charge is 0.359 e. The fourth-order valence-corrected chi connectivity index (χ4v) is 3.44. The first-order valence-corrected chi connectivity index (χ1v) is 10.8. The van der Waals surface area contributed by atoms with Crippen LogP contribution in [0.5, 0.6) is 0 Å². The maximum atomic E-state index is 11.9. The van der Waals surface area contributed by atoms with E-state index in [-0.39, 0.29) is 29.5 Å². The Morgan fingerprint density at radius 2 is 1.75 bits per heavy atom. The number of aliphatic imine (C=N–C) groups is 1. The van der Waals surface area contributed by atoms with Gasteiger partial charge in [-0.3, -0.25) is 9.79 Å². The summed E-state index contributed by atoms with van der Waals surface area (Å²) < 4.78 is 7.15. The number of aromatic nitrogens is 2. The molecule has 3 aromatic rings. The lowest BCUT2D eigenvalue weighted by Gasteiger charge is -2.11. The minimum Gasteiger partial charge on any atom is -0.359 e. The van der Waals surface area contributed by atoms with Gasteiger partial charge >= 0.3 is 0 Å². The number of hydrogen-bond acceptors (Lipinski definition) is 4. The van der Waals surface area contributed by atoms with Crippen LogP contribution in [0.25, 0.3) is 0 Å². The lowest BCUT2D eigenvalue weighted by atomic mass is 9.99. The number of rotatable bonds is 9.